The lowest BCUT2D eigenvalue weighted by Gasteiger charge is -2.70. The van der Waals surface area contributed by atoms with Crippen LogP contribution >= 0.6 is 0 Å². The zero-order chi connectivity index (χ0) is 23.3. The molecule has 0 radical (unpaired) electrons. The molecule has 0 saturated heterocycles. The SMILES string of the molecule is CCCC(C)[C@H]1CC[C@@]2(O)[C@]3(O)C(=O)C[C@]4(O)CC(=O)CC[C@]4(C)[C@@]3(O)CC(=O)[C@]12C. The number of Topliss-reactive ketones (excluding diaryl/α,β-unsaturated/α-hetero) is 3. The van der Waals surface area contributed by atoms with Crippen molar-refractivity contribution in [2.75, 3.05) is 0 Å². The van der Waals surface area contributed by atoms with Crippen molar-refractivity contribution in [3.8, 4) is 0 Å². The van der Waals surface area contributed by atoms with E-state index in [1.54, 1.807) is 13.8 Å². The zero-order valence-corrected chi connectivity index (χ0v) is 19.0. The molecule has 31 heavy (non-hydrogen) atoms. The maximum Gasteiger partial charge on any atom is 0.182 e. The van der Waals surface area contributed by atoms with Crippen LogP contribution in [0.2, 0.25) is 0 Å². The standard InChI is InChI=1S/C24H36O7/c1-5-6-14(2)16-8-10-22(29)20(16,4)17(26)13-23(30)19(3)9-7-15(25)11-21(19,28)12-18(27)24(22,23)31/h14,16,28-31H,5-13H2,1-4H3/t14?,16-,19+,20+,21-,22+,23+,24-/m1/s1. The van der Waals surface area contributed by atoms with Crippen molar-refractivity contribution < 1.29 is 34.8 Å². The predicted octanol–water partition coefficient (Wildman–Crippen LogP) is 1.47. The Kier molecular flexibility index (Phi) is 4.80. The van der Waals surface area contributed by atoms with Gasteiger partial charge in [-0.15, -0.1) is 0 Å². The topological polar surface area (TPSA) is 132 Å². The third kappa shape index (κ3) is 2.26. The van der Waals surface area contributed by atoms with E-state index in [2.05, 4.69) is 0 Å². The van der Waals surface area contributed by atoms with E-state index in [1.807, 2.05) is 13.8 Å². The number of hydrogen-bond donors (Lipinski definition) is 4. The Hall–Kier alpha value is -1.15. The van der Waals surface area contributed by atoms with Gasteiger partial charge in [0.05, 0.1) is 11.0 Å². The number of rotatable bonds is 3. The summed E-state index contributed by atoms with van der Waals surface area (Å²) in [6.45, 7) is 7.25. The first-order chi connectivity index (χ1) is 14.2. The number of carbonyl (C=O) groups is 3. The average Bonchev–Trinajstić information content (AvgIpc) is 2.96. The Bertz CT molecular complexity index is 855. The Labute approximate surface area is 183 Å². The fourth-order valence-corrected chi connectivity index (χ4v) is 8.14. The molecule has 0 aromatic rings. The fraction of sp³-hybridized carbons (Fsp3) is 0.875. The summed E-state index contributed by atoms with van der Waals surface area (Å²) in [5.74, 6) is -1.62. The highest BCUT2D eigenvalue weighted by molar-refractivity contribution is 6.01. The molecule has 0 aliphatic heterocycles. The van der Waals surface area contributed by atoms with Crippen molar-refractivity contribution in [1.29, 1.82) is 0 Å². The maximum atomic E-state index is 13.7. The van der Waals surface area contributed by atoms with Crippen molar-refractivity contribution in [1.82, 2.24) is 0 Å². The number of aliphatic hydroxyl groups is 4. The molecule has 0 spiro atoms. The number of carbonyl (C=O) groups excluding carboxylic acids is 3. The summed E-state index contributed by atoms with van der Waals surface area (Å²) in [7, 11) is 0. The highest BCUT2D eigenvalue weighted by Gasteiger charge is 2.87. The van der Waals surface area contributed by atoms with Crippen LogP contribution < -0.4 is 0 Å². The van der Waals surface area contributed by atoms with E-state index in [4.69, 9.17) is 0 Å². The fourth-order valence-electron chi connectivity index (χ4n) is 8.14. The molecule has 4 fully saturated rings. The summed E-state index contributed by atoms with van der Waals surface area (Å²) < 4.78 is 0. The van der Waals surface area contributed by atoms with Crippen LogP contribution in [0.1, 0.15) is 85.5 Å². The van der Waals surface area contributed by atoms with Gasteiger partial charge < -0.3 is 20.4 Å². The summed E-state index contributed by atoms with van der Waals surface area (Å²) in [4.78, 5) is 39.4. The Morgan fingerprint density at radius 2 is 1.58 bits per heavy atom. The Morgan fingerprint density at radius 3 is 2.19 bits per heavy atom. The third-order valence-corrected chi connectivity index (χ3v) is 10.2. The van der Waals surface area contributed by atoms with E-state index in [0.29, 0.717) is 6.42 Å². The van der Waals surface area contributed by atoms with Gasteiger partial charge in [0, 0.05) is 31.1 Å². The van der Waals surface area contributed by atoms with Crippen LogP contribution in [0.25, 0.3) is 0 Å². The lowest BCUT2D eigenvalue weighted by molar-refractivity contribution is -0.342. The largest absolute Gasteiger partial charge is 0.388 e. The quantitative estimate of drug-likeness (QED) is 0.527. The molecule has 0 amide bonds. The third-order valence-electron chi connectivity index (χ3n) is 10.2. The van der Waals surface area contributed by atoms with Gasteiger partial charge in [-0.25, -0.2) is 0 Å². The molecule has 0 heterocycles. The first-order valence-electron chi connectivity index (χ1n) is 11.7. The van der Waals surface area contributed by atoms with Gasteiger partial charge in [-0.05, 0) is 38.0 Å². The monoisotopic (exact) mass is 436 g/mol. The second kappa shape index (κ2) is 6.46. The van der Waals surface area contributed by atoms with Gasteiger partial charge in [0.25, 0.3) is 0 Å². The van der Waals surface area contributed by atoms with Crippen molar-refractivity contribution in [2.45, 2.75) is 108 Å². The minimum absolute atomic E-state index is 0.0198. The first-order valence-corrected chi connectivity index (χ1v) is 11.7. The molecule has 7 nitrogen and oxygen atoms in total. The highest BCUT2D eigenvalue weighted by atomic mass is 16.4. The summed E-state index contributed by atoms with van der Waals surface area (Å²) in [6.07, 6.45) is 0.971. The van der Waals surface area contributed by atoms with E-state index < -0.39 is 51.9 Å². The summed E-state index contributed by atoms with van der Waals surface area (Å²) in [6, 6.07) is 0. The summed E-state index contributed by atoms with van der Waals surface area (Å²) >= 11 is 0. The molecule has 1 unspecified atom stereocenters. The highest BCUT2D eigenvalue weighted by Crippen LogP contribution is 2.71. The molecule has 0 aromatic heterocycles. The molecule has 4 aliphatic rings. The lowest BCUT2D eigenvalue weighted by atomic mass is 9.37. The molecule has 8 atom stereocenters. The molecule has 4 rings (SSSR count). The first kappa shape index (κ1) is 23.0. The van der Waals surface area contributed by atoms with Crippen LogP contribution in [0.4, 0.5) is 0 Å². The predicted molar refractivity (Wildman–Crippen MR) is 111 cm³/mol. The Balaban J connectivity index is 1.91. The molecule has 174 valence electrons. The van der Waals surface area contributed by atoms with Gasteiger partial charge in [-0.2, -0.15) is 0 Å². The van der Waals surface area contributed by atoms with Gasteiger partial charge in [0.15, 0.2) is 11.4 Å². The van der Waals surface area contributed by atoms with E-state index in [0.717, 1.165) is 12.8 Å². The molecule has 4 saturated carbocycles. The normalized spacial score (nSPS) is 53.0. The van der Waals surface area contributed by atoms with Gasteiger partial charge in [0.1, 0.15) is 22.8 Å². The van der Waals surface area contributed by atoms with Gasteiger partial charge in [-0.1, -0.05) is 33.6 Å². The zero-order valence-electron chi connectivity index (χ0n) is 19.0. The van der Waals surface area contributed by atoms with Crippen molar-refractivity contribution in [2.24, 2.45) is 22.7 Å². The van der Waals surface area contributed by atoms with Crippen LogP contribution in [0.5, 0.6) is 0 Å². The van der Waals surface area contributed by atoms with Crippen LogP contribution in [-0.4, -0.2) is 60.2 Å². The maximum absolute atomic E-state index is 13.7. The molecule has 0 bridgehead atoms. The van der Waals surface area contributed by atoms with Crippen LogP contribution in [0.15, 0.2) is 0 Å². The van der Waals surface area contributed by atoms with Gasteiger partial charge in [-0.3, -0.25) is 14.4 Å². The number of ketones is 3. The molecular weight excluding hydrogens is 400 g/mol. The second-order valence-corrected chi connectivity index (χ2v) is 11.3. The van der Waals surface area contributed by atoms with E-state index in [-0.39, 0.29) is 49.1 Å². The minimum Gasteiger partial charge on any atom is -0.388 e. The van der Waals surface area contributed by atoms with Crippen molar-refractivity contribution in [3.63, 3.8) is 0 Å². The summed E-state index contributed by atoms with van der Waals surface area (Å²) in [5, 5.41) is 47.5. The minimum atomic E-state index is -2.59. The molecule has 0 aromatic carbocycles. The smallest absolute Gasteiger partial charge is 0.182 e. The van der Waals surface area contributed by atoms with Crippen LogP contribution in [0.3, 0.4) is 0 Å². The summed E-state index contributed by atoms with van der Waals surface area (Å²) in [5.41, 5.74) is -11.8. The Morgan fingerprint density at radius 1 is 0.935 bits per heavy atom. The number of fused-ring (bicyclic) bond motifs is 5. The molecule has 4 N–H and O–H groups in total. The van der Waals surface area contributed by atoms with Crippen molar-refractivity contribution >= 4 is 17.3 Å². The van der Waals surface area contributed by atoms with Crippen LogP contribution in [-0.2, 0) is 14.4 Å². The molecule has 4 aliphatic carbocycles. The number of hydrogen-bond acceptors (Lipinski definition) is 7. The lowest BCUT2D eigenvalue weighted by Crippen LogP contribution is -2.88. The van der Waals surface area contributed by atoms with Crippen molar-refractivity contribution in [3.05, 3.63) is 0 Å². The van der Waals surface area contributed by atoms with E-state index in [1.165, 1.54) is 0 Å². The second-order valence-electron chi connectivity index (χ2n) is 11.3. The molecule has 7 heteroatoms. The van der Waals surface area contributed by atoms with Gasteiger partial charge in [0.2, 0.25) is 0 Å². The average molecular weight is 437 g/mol. The van der Waals surface area contributed by atoms with Crippen LogP contribution in [0, 0.1) is 22.7 Å². The van der Waals surface area contributed by atoms with E-state index in [9.17, 15) is 34.8 Å². The van der Waals surface area contributed by atoms with E-state index >= 15 is 0 Å². The molecular formula is C24H36O7. The van der Waals surface area contributed by atoms with Gasteiger partial charge >= 0.3 is 0 Å².